The monoisotopic (exact) mass is 516 g/mol. The van der Waals surface area contributed by atoms with Crippen LogP contribution in [0.1, 0.15) is 30.4 Å². The van der Waals surface area contributed by atoms with Crippen LogP contribution < -0.4 is 15.4 Å². The summed E-state index contributed by atoms with van der Waals surface area (Å²) in [6, 6.07) is 10.9. The molecule has 11 heteroatoms. The Bertz CT molecular complexity index is 1310. The number of hydrogen-bond donors (Lipinski definition) is 2. The van der Waals surface area contributed by atoms with Gasteiger partial charge in [-0.15, -0.1) is 0 Å². The van der Waals surface area contributed by atoms with Gasteiger partial charge in [-0.25, -0.2) is 13.2 Å². The molecule has 0 aliphatic carbocycles. The van der Waals surface area contributed by atoms with E-state index in [1.54, 1.807) is 18.2 Å². The molecular weight excluding hydrogens is 492 g/mol. The van der Waals surface area contributed by atoms with Crippen LogP contribution in [0.5, 0.6) is 5.75 Å². The summed E-state index contributed by atoms with van der Waals surface area (Å²) >= 11 is 0.480. The molecule has 3 rings (SSSR count). The van der Waals surface area contributed by atoms with Crippen LogP contribution in [-0.4, -0.2) is 44.0 Å². The van der Waals surface area contributed by atoms with Gasteiger partial charge in [-0.1, -0.05) is 17.9 Å². The summed E-state index contributed by atoms with van der Waals surface area (Å²) in [4.78, 5) is 36.0. The van der Waals surface area contributed by atoms with E-state index in [-0.39, 0.29) is 24.2 Å². The van der Waals surface area contributed by atoms with E-state index in [9.17, 15) is 22.8 Å². The summed E-state index contributed by atoms with van der Waals surface area (Å²) in [5.74, 6) is 5.60. The Morgan fingerprint density at radius 3 is 2.46 bits per heavy atom. The zero-order valence-corrected chi connectivity index (χ0v) is 21.0. The molecule has 0 saturated carbocycles. The standard InChI is InChI=1S/C24H24N2O7S2/c1-16-8-9-18(25-22(28)33-3)15-17(16)7-5-4-6-14-24(21(27)26-23(29)34-24)35(30,31)20-12-10-19(32-2)11-13-20/h8-13,15H,4,6,14H2,1-3H3,(H,25,28)(H,26,27,29). The molecule has 1 aliphatic heterocycles. The molecule has 0 aromatic heterocycles. The maximum absolute atomic E-state index is 13.4. The zero-order chi connectivity index (χ0) is 25.6. The first-order chi connectivity index (χ1) is 16.6. The third-order valence-electron chi connectivity index (χ3n) is 5.32. The smallest absolute Gasteiger partial charge is 0.411 e. The Kier molecular flexibility index (Phi) is 8.09. The molecule has 3 amide bonds. The number of imide groups is 1. The molecule has 2 aromatic carbocycles. The molecule has 184 valence electrons. The number of carbonyl (C=O) groups is 3. The average molecular weight is 517 g/mol. The number of rotatable bonds is 7. The third-order valence-corrected chi connectivity index (χ3v) is 9.39. The fraction of sp³-hybridized carbons (Fsp3) is 0.292. The molecule has 1 heterocycles. The fourth-order valence-electron chi connectivity index (χ4n) is 3.40. The predicted octanol–water partition coefficient (Wildman–Crippen LogP) is 3.86. The molecule has 0 bridgehead atoms. The number of thioether (sulfide) groups is 1. The average Bonchev–Trinajstić information content (AvgIpc) is 3.14. The SMILES string of the molecule is COC(=O)Nc1ccc(C)c(C#CCCCC2(S(=O)(=O)c3ccc(OC)cc3)SC(=O)NC2=O)c1. The number of sulfone groups is 1. The highest BCUT2D eigenvalue weighted by molar-refractivity contribution is 8.25. The largest absolute Gasteiger partial charge is 0.497 e. The Labute approximate surface area is 207 Å². The van der Waals surface area contributed by atoms with Gasteiger partial charge in [0, 0.05) is 17.7 Å². The molecule has 1 fully saturated rings. The Morgan fingerprint density at radius 2 is 1.86 bits per heavy atom. The Balaban J connectivity index is 1.77. The maximum atomic E-state index is 13.4. The number of carbonyl (C=O) groups excluding carboxylic acids is 3. The van der Waals surface area contributed by atoms with Gasteiger partial charge in [0.2, 0.25) is 13.9 Å². The number of hydrogen-bond acceptors (Lipinski definition) is 8. The molecule has 35 heavy (non-hydrogen) atoms. The summed E-state index contributed by atoms with van der Waals surface area (Å²) in [5.41, 5.74) is 2.10. The summed E-state index contributed by atoms with van der Waals surface area (Å²) in [7, 11) is -1.48. The third kappa shape index (κ3) is 5.61. The first-order valence-electron chi connectivity index (χ1n) is 10.5. The van der Waals surface area contributed by atoms with Crippen molar-refractivity contribution in [3.8, 4) is 17.6 Å². The normalized spacial score (nSPS) is 17.2. The van der Waals surface area contributed by atoms with Crippen molar-refractivity contribution >= 4 is 44.5 Å². The van der Waals surface area contributed by atoms with Gasteiger partial charge in [-0.3, -0.25) is 20.2 Å². The van der Waals surface area contributed by atoms with E-state index in [0.717, 1.165) is 5.56 Å². The topological polar surface area (TPSA) is 128 Å². The number of nitrogens with one attached hydrogen (secondary N) is 2. The molecule has 2 aromatic rings. The minimum atomic E-state index is -4.20. The van der Waals surface area contributed by atoms with E-state index in [0.29, 0.717) is 28.8 Å². The quantitative estimate of drug-likeness (QED) is 0.420. The van der Waals surface area contributed by atoms with Crippen LogP contribution in [0.25, 0.3) is 0 Å². The molecule has 0 radical (unpaired) electrons. The molecule has 0 spiro atoms. The number of amides is 3. The lowest BCUT2D eigenvalue weighted by atomic mass is 10.1. The minimum Gasteiger partial charge on any atom is -0.497 e. The van der Waals surface area contributed by atoms with Crippen molar-refractivity contribution in [2.45, 2.75) is 35.2 Å². The molecule has 1 saturated heterocycles. The van der Waals surface area contributed by atoms with Crippen molar-refractivity contribution in [1.29, 1.82) is 0 Å². The van der Waals surface area contributed by atoms with Crippen molar-refractivity contribution in [2.24, 2.45) is 0 Å². The van der Waals surface area contributed by atoms with E-state index >= 15 is 0 Å². The second-order valence-corrected chi connectivity index (χ2v) is 11.3. The number of methoxy groups -OCH3 is 2. The first kappa shape index (κ1) is 26.1. The van der Waals surface area contributed by atoms with Gasteiger partial charge >= 0.3 is 6.09 Å². The van der Waals surface area contributed by atoms with Crippen LogP contribution in [-0.2, 0) is 19.4 Å². The van der Waals surface area contributed by atoms with E-state index in [4.69, 9.17) is 4.74 Å². The van der Waals surface area contributed by atoms with Crippen LogP contribution in [0.4, 0.5) is 15.3 Å². The molecule has 1 atom stereocenters. The highest BCUT2D eigenvalue weighted by Gasteiger charge is 2.57. The van der Waals surface area contributed by atoms with Gasteiger partial charge in [0.1, 0.15) is 5.75 Å². The molecular formula is C24H24N2O7S2. The Hall–Kier alpha value is -3.49. The lowest BCUT2D eigenvalue weighted by molar-refractivity contribution is -0.120. The van der Waals surface area contributed by atoms with Crippen molar-refractivity contribution in [3.63, 3.8) is 0 Å². The zero-order valence-electron chi connectivity index (χ0n) is 19.3. The minimum absolute atomic E-state index is 0.0766. The lowest BCUT2D eigenvalue weighted by Crippen LogP contribution is -2.43. The number of ether oxygens (including phenoxy) is 2. The van der Waals surface area contributed by atoms with Crippen LogP contribution in [0.15, 0.2) is 47.4 Å². The number of aryl methyl sites for hydroxylation is 1. The number of benzene rings is 2. The van der Waals surface area contributed by atoms with E-state index in [2.05, 4.69) is 27.2 Å². The van der Waals surface area contributed by atoms with Crippen molar-refractivity contribution < 1.29 is 32.3 Å². The van der Waals surface area contributed by atoms with E-state index in [1.165, 1.54) is 38.5 Å². The van der Waals surface area contributed by atoms with Crippen LogP contribution in [0.3, 0.4) is 0 Å². The van der Waals surface area contributed by atoms with Gasteiger partial charge in [0.15, 0.2) is 0 Å². The highest BCUT2D eigenvalue weighted by atomic mass is 32.3. The predicted molar refractivity (Wildman–Crippen MR) is 132 cm³/mol. The fourth-order valence-corrected chi connectivity index (χ4v) is 6.77. The Morgan fingerprint density at radius 1 is 1.14 bits per heavy atom. The summed E-state index contributed by atoms with van der Waals surface area (Å²) in [6.07, 6.45) is -0.148. The van der Waals surface area contributed by atoms with Gasteiger partial charge in [-0.05, 0) is 73.5 Å². The molecule has 2 N–H and O–H groups in total. The lowest BCUT2D eigenvalue weighted by Gasteiger charge is -2.24. The maximum Gasteiger partial charge on any atom is 0.411 e. The second-order valence-electron chi connectivity index (χ2n) is 7.58. The molecule has 1 aliphatic rings. The first-order valence-corrected chi connectivity index (χ1v) is 12.8. The van der Waals surface area contributed by atoms with Crippen molar-refractivity contribution in [2.75, 3.05) is 19.5 Å². The van der Waals surface area contributed by atoms with Crippen LogP contribution in [0, 0.1) is 18.8 Å². The summed E-state index contributed by atoms with van der Waals surface area (Å²) < 4.78 is 34.5. The molecule has 9 nitrogen and oxygen atoms in total. The van der Waals surface area contributed by atoms with Crippen molar-refractivity contribution in [1.82, 2.24) is 5.32 Å². The van der Waals surface area contributed by atoms with Crippen molar-refractivity contribution in [3.05, 3.63) is 53.6 Å². The summed E-state index contributed by atoms with van der Waals surface area (Å²) in [6.45, 7) is 1.87. The van der Waals surface area contributed by atoms with Gasteiger partial charge in [-0.2, -0.15) is 0 Å². The molecule has 1 unspecified atom stereocenters. The van der Waals surface area contributed by atoms with Gasteiger partial charge in [0.25, 0.3) is 11.1 Å². The van der Waals surface area contributed by atoms with E-state index in [1.807, 2.05) is 6.92 Å². The number of anilines is 1. The highest BCUT2D eigenvalue weighted by Crippen LogP contribution is 2.44. The second kappa shape index (κ2) is 10.8. The van der Waals surface area contributed by atoms with Gasteiger partial charge in [0.05, 0.1) is 19.1 Å². The summed E-state index contributed by atoms with van der Waals surface area (Å²) in [5, 5.41) is 3.97. The van der Waals surface area contributed by atoms with Gasteiger partial charge < -0.3 is 9.47 Å². The van der Waals surface area contributed by atoms with Crippen LogP contribution in [0.2, 0.25) is 0 Å². The van der Waals surface area contributed by atoms with E-state index < -0.39 is 31.2 Å². The number of unbranched alkanes of at least 4 members (excludes halogenated alkanes) is 1. The van der Waals surface area contributed by atoms with Crippen LogP contribution >= 0.6 is 11.8 Å².